The molecule has 0 fully saturated rings. The van der Waals surface area contributed by atoms with E-state index < -0.39 is 0 Å². The van der Waals surface area contributed by atoms with E-state index in [2.05, 4.69) is 14.9 Å². The van der Waals surface area contributed by atoms with Crippen LogP contribution in [0.4, 0.5) is 5.69 Å². The summed E-state index contributed by atoms with van der Waals surface area (Å²) in [7, 11) is 0. The average Bonchev–Trinajstić information content (AvgIpc) is 3.02. The quantitative estimate of drug-likeness (QED) is 0.869. The van der Waals surface area contributed by atoms with Crippen molar-refractivity contribution in [2.24, 2.45) is 0 Å². The molecule has 1 amide bonds. The average molecular weight is 267 g/mol. The molecule has 102 valence electrons. The molecule has 3 rings (SSSR count). The first-order chi connectivity index (χ1) is 9.78. The number of nitrogens with zero attached hydrogens (tertiary/aromatic N) is 2. The topological polar surface area (TPSA) is 46.9 Å². The van der Waals surface area contributed by atoms with Crippen molar-refractivity contribution in [3.05, 3.63) is 48.4 Å². The second-order valence-corrected chi connectivity index (χ2v) is 4.88. The number of nitrogens with one attached hydrogen (secondary N) is 1. The first-order valence-corrected chi connectivity index (χ1v) is 6.86. The van der Waals surface area contributed by atoms with Crippen LogP contribution in [0.15, 0.2) is 42.6 Å². The number of fused-ring (bicyclic) bond motifs is 1. The maximum absolute atomic E-state index is 11.5. The minimum absolute atomic E-state index is 0.106. The second kappa shape index (κ2) is 5.33. The van der Waals surface area contributed by atoms with Crippen molar-refractivity contribution >= 4 is 11.6 Å². The summed E-state index contributed by atoms with van der Waals surface area (Å²) in [5, 5.41) is 2.82. The van der Waals surface area contributed by atoms with Crippen LogP contribution in [-0.2, 0) is 17.8 Å². The molecule has 1 N–H and O–H groups in total. The van der Waals surface area contributed by atoms with E-state index in [4.69, 9.17) is 0 Å². The zero-order valence-corrected chi connectivity index (χ0v) is 11.5. The van der Waals surface area contributed by atoms with Gasteiger partial charge in [0.25, 0.3) is 0 Å². The Morgan fingerprint density at radius 2 is 2.15 bits per heavy atom. The molecule has 4 heteroatoms. The van der Waals surface area contributed by atoms with Crippen LogP contribution in [0.25, 0.3) is 11.3 Å². The zero-order valence-electron chi connectivity index (χ0n) is 11.5. The van der Waals surface area contributed by atoms with Crippen LogP contribution in [0, 0.1) is 0 Å². The van der Waals surface area contributed by atoms with Crippen molar-refractivity contribution in [1.29, 1.82) is 0 Å². The predicted octanol–water partition coefficient (Wildman–Crippen LogP) is 3.01. The minimum atomic E-state index is -0.106. The summed E-state index contributed by atoms with van der Waals surface area (Å²) >= 11 is 0. The van der Waals surface area contributed by atoms with E-state index in [1.807, 2.05) is 37.4 Å². The number of aryl methyl sites for hydroxylation is 1. The van der Waals surface area contributed by atoms with Crippen molar-refractivity contribution in [1.82, 2.24) is 9.55 Å². The van der Waals surface area contributed by atoms with Crippen molar-refractivity contribution < 1.29 is 4.79 Å². The number of allylic oxidation sites excluding steroid dienone is 1. The lowest BCUT2D eigenvalue weighted by Gasteiger charge is -2.07. The highest BCUT2D eigenvalue weighted by Gasteiger charge is 2.16. The summed E-state index contributed by atoms with van der Waals surface area (Å²) in [6, 6.07) is 7.89. The van der Waals surface area contributed by atoms with Gasteiger partial charge in [-0.15, -0.1) is 0 Å². The summed E-state index contributed by atoms with van der Waals surface area (Å²) in [4.78, 5) is 15.9. The molecule has 0 radical (unpaired) electrons. The highest BCUT2D eigenvalue weighted by Crippen LogP contribution is 2.26. The van der Waals surface area contributed by atoms with Gasteiger partial charge in [-0.05, 0) is 37.1 Å². The number of hydrogen-bond acceptors (Lipinski definition) is 2. The van der Waals surface area contributed by atoms with Crippen molar-refractivity contribution in [3.8, 4) is 11.3 Å². The normalized spacial score (nSPS) is 13.7. The highest BCUT2D eigenvalue weighted by molar-refractivity contribution is 5.99. The summed E-state index contributed by atoms with van der Waals surface area (Å²) < 4.78 is 2.27. The Balaban J connectivity index is 1.81. The fraction of sp³-hybridized carbons (Fsp3) is 0.250. The van der Waals surface area contributed by atoms with Gasteiger partial charge in [0.05, 0.1) is 11.9 Å². The van der Waals surface area contributed by atoms with Crippen LogP contribution in [0.2, 0.25) is 0 Å². The maximum atomic E-state index is 11.5. The fourth-order valence-electron chi connectivity index (χ4n) is 2.55. The van der Waals surface area contributed by atoms with E-state index in [-0.39, 0.29) is 5.91 Å². The summed E-state index contributed by atoms with van der Waals surface area (Å²) in [5.41, 5.74) is 3.09. The smallest absolute Gasteiger partial charge is 0.248 e. The van der Waals surface area contributed by atoms with Gasteiger partial charge < -0.3 is 9.88 Å². The third-order valence-corrected chi connectivity index (χ3v) is 3.49. The molecule has 1 aromatic carbocycles. The summed E-state index contributed by atoms with van der Waals surface area (Å²) in [6.45, 7) is 2.87. The molecule has 1 aliphatic heterocycles. The molecule has 1 aromatic heterocycles. The first kappa shape index (κ1) is 12.7. The van der Waals surface area contributed by atoms with Gasteiger partial charge in [-0.1, -0.05) is 18.2 Å². The molecular weight excluding hydrogens is 250 g/mol. The standard InChI is InChI=1S/C16H17N3O/c1-2-4-16(20)18-13-8-6-12(7-9-13)14-11-17-15-5-3-10-19(14)15/h2,4,6-9,11H,3,5,10H2,1H3,(H,18,20). The molecule has 0 spiro atoms. The number of imidazole rings is 1. The highest BCUT2D eigenvalue weighted by atomic mass is 16.1. The molecular formula is C16H17N3O. The minimum Gasteiger partial charge on any atom is -0.328 e. The SMILES string of the molecule is CC=CC(=O)Nc1ccc(-c2cnc3n2CCC3)cc1. The molecule has 0 saturated heterocycles. The van der Waals surface area contributed by atoms with Gasteiger partial charge in [-0.2, -0.15) is 0 Å². The van der Waals surface area contributed by atoms with E-state index in [0.717, 1.165) is 29.9 Å². The molecule has 0 unspecified atom stereocenters. The van der Waals surface area contributed by atoms with Crippen molar-refractivity contribution in [2.75, 3.05) is 5.32 Å². The van der Waals surface area contributed by atoms with E-state index >= 15 is 0 Å². The van der Waals surface area contributed by atoms with Gasteiger partial charge in [0, 0.05) is 18.7 Å². The molecule has 4 nitrogen and oxygen atoms in total. The fourth-order valence-corrected chi connectivity index (χ4v) is 2.55. The Hall–Kier alpha value is -2.36. The first-order valence-electron chi connectivity index (χ1n) is 6.86. The molecule has 0 saturated carbocycles. The Morgan fingerprint density at radius 1 is 1.35 bits per heavy atom. The third kappa shape index (κ3) is 2.37. The number of rotatable bonds is 3. The molecule has 2 heterocycles. The predicted molar refractivity (Wildman–Crippen MR) is 79.4 cm³/mol. The number of carbonyl (C=O) groups is 1. The van der Waals surface area contributed by atoms with Gasteiger partial charge in [-0.25, -0.2) is 4.98 Å². The molecule has 1 aliphatic rings. The second-order valence-electron chi connectivity index (χ2n) is 4.88. The Labute approximate surface area is 118 Å². The van der Waals surface area contributed by atoms with E-state index in [1.54, 1.807) is 6.08 Å². The van der Waals surface area contributed by atoms with Gasteiger partial charge in [0.2, 0.25) is 5.91 Å². The number of amides is 1. The van der Waals surface area contributed by atoms with Gasteiger partial charge >= 0.3 is 0 Å². The van der Waals surface area contributed by atoms with Crippen molar-refractivity contribution in [2.45, 2.75) is 26.3 Å². The van der Waals surface area contributed by atoms with Crippen LogP contribution in [0.3, 0.4) is 0 Å². The molecule has 0 atom stereocenters. The number of hydrogen-bond donors (Lipinski definition) is 1. The Bertz CT molecular complexity index is 653. The van der Waals surface area contributed by atoms with E-state index in [9.17, 15) is 4.79 Å². The van der Waals surface area contributed by atoms with Gasteiger partial charge in [-0.3, -0.25) is 4.79 Å². The summed E-state index contributed by atoms with van der Waals surface area (Å²) in [5.74, 6) is 1.07. The lowest BCUT2D eigenvalue weighted by Crippen LogP contribution is -2.07. The Morgan fingerprint density at radius 3 is 2.90 bits per heavy atom. The zero-order chi connectivity index (χ0) is 13.9. The van der Waals surface area contributed by atoms with Crippen LogP contribution in [0.1, 0.15) is 19.2 Å². The van der Waals surface area contributed by atoms with E-state index in [0.29, 0.717) is 0 Å². The molecule has 20 heavy (non-hydrogen) atoms. The molecule has 0 bridgehead atoms. The Kier molecular flexibility index (Phi) is 3.37. The molecule has 0 aliphatic carbocycles. The lowest BCUT2D eigenvalue weighted by atomic mass is 10.1. The molecule has 2 aromatic rings. The van der Waals surface area contributed by atoms with Crippen LogP contribution in [-0.4, -0.2) is 15.5 Å². The van der Waals surface area contributed by atoms with Crippen molar-refractivity contribution in [3.63, 3.8) is 0 Å². The monoisotopic (exact) mass is 267 g/mol. The van der Waals surface area contributed by atoms with Crippen LogP contribution in [0.5, 0.6) is 0 Å². The maximum Gasteiger partial charge on any atom is 0.248 e. The number of aromatic nitrogens is 2. The van der Waals surface area contributed by atoms with Crippen LogP contribution >= 0.6 is 0 Å². The van der Waals surface area contributed by atoms with Gasteiger partial charge in [0.1, 0.15) is 5.82 Å². The largest absolute Gasteiger partial charge is 0.328 e. The third-order valence-electron chi connectivity index (χ3n) is 3.49. The number of carbonyl (C=O) groups excluding carboxylic acids is 1. The number of benzene rings is 1. The van der Waals surface area contributed by atoms with E-state index in [1.165, 1.54) is 18.3 Å². The van der Waals surface area contributed by atoms with Crippen LogP contribution < -0.4 is 5.32 Å². The summed E-state index contributed by atoms with van der Waals surface area (Å²) in [6.07, 6.45) is 7.41. The van der Waals surface area contributed by atoms with Gasteiger partial charge in [0.15, 0.2) is 0 Å². The lowest BCUT2D eigenvalue weighted by molar-refractivity contribution is -0.111. The number of anilines is 1.